The van der Waals surface area contributed by atoms with Crippen molar-refractivity contribution in [2.75, 3.05) is 14.2 Å². The highest BCUT2D eigenvalue weighted by atomic mass is 16.5. The maximum Gasteiger partial charge on any atom is 0.255 e. The van der Waals surface area contributed by atoms with Crippen LogP contribution in [0.1, 0.15) is 41.3 Å². The number of nitrogens with one attached hydrogen (secondary N) is 1. The van der Waals surface area contributed by atoms with Crippen molar-refractivity contribution in [3.63, 3.8) is 0 Å². The van der Waals surface area contributed by atoms with Crippen LogP contribution >= 0.6 is 0 Å². The zero-order chi connectivity index (χ0) is 18.2. The molecule has 3 rings (SSSR count). The molecule has 1 N–H and O–H groups in total. The monoisotopic (exact) mass is 339 g/mol. The van der Waals surface area contributed by atoms with Gasteiger partial charge in [-0.3, -0.25) is 4.79 Å². The maximum absolute atomic E-state index is 12.8. The number of hydrogen-bond donors (Lipinski definition) is 1. The lowest BCUT2D eigenvalue weighted by atomic mass is 10.0. The summed E-state index contributed by atoms with van der Waals surface area (Å²) in [4.78, 5) is 12.8. The van der Waals surface area contributed by atoms with Gasteiger partial charge in [-0.25, -0.2) is 0 Å². The van der Waals surface area contributed by atoms with E-state index in [1.807, 2.05) is 37.3 Å². The highest BCUT2D eigenvalue weighted by molar-refractivity contribution is 5.97. The summed E-state index contributed by atoms with van der Waals surface area (Å²) < 4.78 is 10.6. The second-order valence-electron chi connectivity index (χ2n) is 7.23. The summed E-state index contributed by atoms with van der Waals surface area (Å²) in [6, 6.07) is 13.8. The summed E-state index contributed by atoms with van der Waals surface area (Å²) in [5, 5.41) is 3.19. The lowest BCUT2D eigenvalue weighted by molar-refractivity contribution is 0.0943. The van der Waals surface area contributed by atoms with Gasteiger partial charge in [0.2, 0.25) is 0 Å². The summed E-state index contributed by atoms with van der Waals surface area (Å²) in [5.41, 5.74) is 2.85. The quantitative estimate of drug-likeness (QED) is 0.898. The molecule has 1 fully saturated rings. The lowest BCUT2D eigenvalue weighted by Crippen LogP contribution is -2.29. The predicted octanol–water partition coefficient (Wildman–Crippen LogP) is 3.93. The number of rotatable bonds is 5. The van der Waals surface area contributed by atoms with Crippen molar-refractivity contribution in [1.82, 2.24) is 5.32 Å². The van der Waals surface area contributed by atoms with Crippen molar-refractivity contribution in [2.24, 2.45) is 5.41 Å². The number of methoxy groups -OCH3 is 2. The Morgan fingerprint density at radius 3 is 2.32 bits per heavy atom. The molecule has 2 atom stereocenters. The Labute approximate surface area is 149 Å². The summed E-state index contributed by atoms with van der Waals surface area (Å²) in [7, 11) is 3.25. The molecule has 0 radical (unpaired) electrons. The molecule has 0 bridgehead atoms. The van der Waals surface area contributed by atoms with E-state index in [0.717, 1.165) is 11.3 Å². The van der Waals surface area contributed by atoms with E-state index >= 15 is 0 Å². The number of amides is 1. The normalized spacial score (nSPS) is 20.7. The van der Waals surface area contributed by atoms with E-state index < -0.39 is 0 Å². The predicted molar refractivity (Wildman–Crippen MR) is 98.5 cm³/mol. The lowest BCUT2D eigenvalue weighted by Gasteiger charge is -2.11. The molecule has 1 aliphatic rings. The first-order valence-corrected chi connectivity index (χ1v) is 8.48. The highest BCUT2D eigenvalue weighted by Gasteiger charge is 2.59. The van der Waals surface area contributed by atoms with Crippen LogP contribution in [0.25, 0.3) is 0 Å². The standard InChI is InChI=1S/C21H25NO3/c1-13-6-11-17(25-5)16(12-13)20(23)22-19-18(21(19,2)3)14-7-9-15(24-4)10-8-14/h6-12,18-19H,1-5H3,(H,22,23)/t18-,19-/m0/s1. The first kappa shape index (κ1) is 17.3. The number of benzene rings is 2. The molecule has 0 aliphatic heterocycles. The smallest absolute Gasteiger partial charge is 0.255 e. The third kappa shape index (κ3) is 3.21. The van der Waals surface area contributed by atoms with Crippen molar-refractivity contribution in [3.05, 3.63) is 59.2 Å². The van der Waals surface area contributed by atoms with Crippen LogP contribution < -0.4 is 14.8 Å². The third-order valence-electron chi connectivity index (χ3n) is 5.19. The van der Waals surface area contributed by atoms with Crippen molar-refractivity contribution >= 4 is 5.91 Å². The minimum Gasteiger partial charge on any atom is -0.497 e. The van der Waals surface area contributed by atoms with Gasteiger partial charge in [-0.2, -0.15) is 0 Å². The zero-order valence-electron chi connectivity index (χ0n) is 15.4. The van der Waals surface area contributed by atoms with Crippen LogP contribution in [-0.2, 0) is 0 Å². The van der Waals surface area contributed by atoms with Crippen LogP contribution in [0.3, 0.4) is 0 Å². The molecule has 0 aromatic heterocycles. The van der Waals surface area contributed by atoms with E-state index in [0.29, 0.717) is 11.3 Å². The van der Waals surface area contributed by atoms with E-state index in [4.69, 9.17) is 9.47 Å². The summed E-state index contributed by atoms with van der Waals surface area (Å²) in [6.07, 6.45) is 0. The van der Waals surface area contributed by atoms with E-state index in [1.54, 1.807) is 14.2 Å². The van der Waals surface area contributed by atoms with Crippen molar-refractivity contribution in [1.29, 1.82) is 0 Å². The molecule has 132 valence electrons. The second-order valence-corrected chi connectivity index (χ2v) is 7.23. The Kier molecular flexibility index (Phi) is 4.46. The SMILES string of the molecule is COc1ccc([C@H]2[C@H](NC(=O)c3cc(C)ccc3OC)C2(C)C)cc1. The van der Waals surface area contributed by atoms with Gasteiger partial charge >= 0.3 is 0 Å². The van der Waals surface area contributed by atoms with Gasteiger partial charge in [-0.1, -0.05) is 37.6 Å². The Morgan fingerprint density at radius 2 is 1.72 bits per heavy atom. The molecule has 2 aromatic rings. The van der Waals surface area contributed by atoms with Crippen molar-refractivity contribution in [3.8, 4) is 11.5 Å². The molecular weight excluding hydrogens is 314 g/mol. The number of carbonyl (C=O) groups excluding carboxylic acids is 1. The van der Waals surface area contributed by atoms with Crippen LogP contribution in [0.5, 0.6) is 11.5 Å². The molecule has 4 nitrogen and oxygen atoms in total. The average Bonchev–Trinajstić information content (AvgIpc) is 3.15. The van der Waals surface area contributed by atoms with Gasteiger partial charge in [0.25, 0.3) is 5.91 Å². The van der Waals surface area contributed by atoms with Gasteiger partial charge in [0, 0.05) is 12.0 Å². The van der Waals surface area contributed by atoms with E-state index in [2.05, 4.69) is 31.3 Å². The molecule has 1 amide bonds. The fourth-order valence-electron chi connectivity index (χ4n) is 3.56. The van der Waals surface area contributed by atoms with E-state index in [1.165, 1.54) is 5.56 Å². The molecule has 0 unspecified atom stereocenters. The minimum absolute atomic E-state index is 0.0152. The van der Waals surface area contributed by atoms with Crippen molar-refractivity contribution < 1.29 is 14.3 Å². The fourth-order valence-corrected chi connectivity index (χ4v) is 3.56. The van der Waals surface area contributed by atoms with Gasteiger partial charge in [-0.15, -0.1) is 0 Å². The molecular formula is C21H25NO3. The second kappa shape index (κ2) is 6.43. The van der Waals surface area contributed by atoms with Crippen LogP contribution in [0, 0.1) is 12.3 Å². The molecule has 0 heterocycles. The minimum atomic E-state index is -0.0883. The first-order valence-electron chi connectivity index (χ1n) is 8.48. The van der Waals surface area contributed by atoms with Gasteiger partial charge in [0.15, 0.2) is 0 Å². The van der Waals surface area contributed by atoms with Gasteiger partial charge < -0.3 is 14.8 Å². The number of carbonyl (C=O) groups is 1. The molecule has 2 aromatic carbocycles. The Balaban J connectivity index is 1.78. The molecule has 0 spiro atoms. The Hall–Kier alpha value is -2.49. The van der Waals surface area contributed by atoms with Gasteiger partial charge in [-0.05, 0) is 42.2 Å². The van der Waals surface area contributed by atoms with Gasteiger partial charge in [0.05, 0.1) is 19.8 Å². The molecule has 1 saturated carbocycles. The van der Waals surface area contributed by atoms with E-state index in [-0.39, 0.29) is 23.3 Å². The van der Waals surface area contributed by atoms with E-state index in [9.17, 15) is 4.79 Å². The largest absolute Gasteiger partial charge is 0.497 e. The average molecular weight is 339 g/mol. The Morgan fingerprint density at radius 1 is 1.04 bits per heavy atom. The fraction of sp³-hybridized carbons (Fsp3) is 0.381. The number of ether oxygens (including phenoxy) is 2. The molecule has 25 heavy (non-hydrogen) atoms. The highest BCUT2D eigenvalue weighted by Crippen LogP contribution is 2.58. The zero-order valence-corrected chi connectivity index (χ0v) is 15.4. The summed E-state index contributed by atoms with van der Waals surface area (Å²) in [5.74, 6) is 1.64. The van der Waals surface area contributed by atoms with Crippen LogP contribution in [0.15, 0.2) is 42.5 Å². The first-order chi connectivity index (χ1) is 11.9. The topological polar surface area (TPSA) is 47.6 Å². The summed E-state index contributed by atoms with van der Waals surface area (Å²) >= 11 is 0. The Bertz CT molecular complexity index is 780. The van der Waals surface area contributed by atoms with Crippen LogP contribution in [0.2, 0.25) is 0 Å². The van der Waals surface area contributed by atoms with Crippen LogP contribution in [0.4, 0.5) is 0 Å². The van der Waals surface area contributed by atoms with Gasteiger partial charge in [0.1, 0.15) is 11.5 Å². The van der Waals surface area contributed by atoms with Crippen molar-refractivity contribution in [2.45, 2.75) is 32.7 Å². The molecule has 1 aliphatic carbocycles. The third-order valence-corrected chi connectivity index (χ3v) is 5.19. The maximum atomic E-state index is 12.8. The number of hydrogen-bond acceptors (Lipinski definition) is 3. The van der Waals surface area contributed by atoms with Crippen LogP contribution in [-0.4, -0.2) is 26.2 Å². The molecule has 4 heteroatoms. The molecule has 0 saturated heterocycles. The number of aryl methyl sites for hydroxylation is 1. The summed E-state index contributed by atoms with van der Waals surface area (Å²) in [6.45, 7) is 6.33.